The number of piperazine rings is 1. The van der Waals surface area contributed by atoms with Crippen molar-refractivity contribution in [2.45, 2.75) is 19.3 Å². The molecule has 1 aliphatic rings. The van der Waals surface area contributed by atoms with E-state index in [0.717, 1.165) is 30.8 Å². The van der Waals surface area contributed by atoms with E-state index in [1.807, 2.05) is 36.2 Å². The number of carbonyl (C=O) groups excluding carboxylic acids is 1. The summed E-state index contributed by atoms with van der Waals surface area (Å²) in [6.07, 6.45) is 0.660. The van der Waals surface area contributed by atoms with Crippen molar-refractivity contribution in [3.8, 4) is 11.4 Å². The van der Waals surface area contributed by atoms with Crippen LogP contribution in [0, 0.1) is 0 Å². The lowest BCUT2D eigenvalue weighted by Crippen LogP contribution is -2.47. The SMILES string of the molecule is CN1CCN(C(=O)c2ccc(-c3nc(NCc4cccnc4)c4ncn(Cc5ccc(C(F)(F)F)cc5)c4n3)cc2)CC1. The first-order valence-corrected chi connectivity index (χ1v) is 13.8. The first-order valence-electron chi connectivity index (χ1n) is 13.8. The smallest absolute Gasteiger partial charge is 0.364 e. The van der Waals surface area contributed by atoms with Crippen LogP contribution in [0.15, 0.2) is 79.4 Å². The average Bonchev–Trinajstić information content (AvgIpc) is 3.43. The predicted molar refractivity (Wildman–Crippen MR) is 156 cm³/mol. The lowest BCUT2D eigenvalue weighted by atomic mass is 10.1. The first kappa shape index (κ1) is 28.3. The lowest BCUT2D eigenvalue weighted by molar-refractivity contribution is -0.137. The van der Waals surface area contributed by atoms with Crippen molar-refractivity contribution in [2.75, 3.05) is 38.5 Å². The number of nitrogens with zero attached hydrogens (tertiary/aromatic N) is 7. The molecule has 1 fully saturated rings. The highest BCUT2D eigenvalue weighted by Gasteiger charge is 2.30. The van der Waals surface area contributed by atoms with Crippen LogP contribution in [-0.2, 0) is 19.3 Å². The van der Waals surface area contributed by atoms with Gasteiger partial charge in [-0.25, -0.2) is 15.0 Å². The Balaban J connectivity index is 1.31. The maximum Gasteiger partial charge on any atom is 0.416 e. The van der Waals surface area contributed by atoms with E-state index < -0.39 is 11.7 Å². The average molecular weight is 587 g/mol. The van der Waals surface area contributed by atoms with Gasteiger partial charge >= 0.3 is 6.18 Å². The molecule has 2 aromatic carbocycles. The summed E-state index contributed by atoms with van der Waals surface area (Å²) < 4.78 is 41.0. The van der Waals surface area contributed by atoms with Gasteiger partial charge in [-0.3, -0.25) is 9.78 Å². The fourth-order valence-corrected chi connectivity index (χ4v) is 4.95. The summed E-state index contributed by atoms with van der Waals surface area (Å²) >= 11 is 0. The number of likely N-dealkylation sites (N-methyl/N-ethyl adjacent to an activating group) is 1. The highest BCUT2D eigenvalue weighted by atomic mass is 19.4. The predicted octanol–water partition coefficient (Wildman–Crippen LogP) is 4.96. The molecule has 0 bridgehead atoms. The maximum absolute atomic E-state index is 13.1. The van der Waals surface area contributed by atoms with Crippen LogP contribution in [0.3, 0.4) is 0 Å². The second-order valence-corrected chi connectivity index (χ2v) is 10.5. The van der Waals surface area contributed by atoms with E-state index in [9.17, 15) is 18.0 Å². The van der Waals surface area contributed by atoms with E-state index >= 15 is 0 Å². The fourth-order valence-electron chi connectivity index (χ4n) is 4.95. The summed E-state index contributed by atoms with van der Waals surface area (Å²) in [6.45, 7) is 3.77. The second kappa shape index (κ2) is 11.8. The molecule has 1 amide bonds. The fraction of sp³-hybridized carbons (Fsp3) is 0.258. The highest BCUT2D eigenvalue weighted by Crippen LogP contribution is 2.30. The van der Waals surface area contributed by atoms with Crippen LogP contribution in [0.5, 0.6) is 0 Å². The topological polar surface area (TPSA) is 92.1 Å². The summed E-state index contributed by atoms with van der Waals surface area (Å²) in [4.78, 5) is 35.4. The number of alkyl halides is 3. The van der Waals surface area contributed by atoms with Crippen LogP contribution < -0.4 is 5.32 Å². The molecule has 0 spiro atoms. The molecule has 220 valence electrons. The van der Waals surface area contributed by atoms with Crippen LogP contribution in [0.1, 0.15) is 27.0 Å². The van der Waals surface area contributed by atoms with Gasteiger partial charge in [0.15, 0.2) is 17.3 Å². The lowest BCUT2D eigenvalue weighted by Gasteiger charge is -2.32. The number of imidazole rings is 1. The molecule has 9 nitrogen and oxygen atoms in total. The van der Waals surface area contributed by atoms with Crippen LogP contribution in [0.25, 0.3) is 22.6 Å². The third kappa shape index (κ3) is 6.33. The summed E-state index contributed by atoms with van der Waals surface area (Å²) in [6, 6.07) is 16.1. The van der Waals surface area contributed by atoms with E-state index in [1.165, 1.54) is 12.1 Å². The number of pyridine rings is 1. The second-order valence-electron chi connectivity index (χ2n) is 10.5. The number of hydrogen-bond acceptors (Lipinski definition) is 7. The first-order chi connectivity index (χ1) is 20.7. The number of anilines is 1. The van der Waals surface area contributed by atoms with Gasteiger partial charge in [-0.05, 0) is 48.5 Å². The van der Waals surface area contributed by atoms with Crippen molar-refractivity contribution >= 4 is 22.9 Å². The van der Waals surface area contributed by atoms with Crippen LogP contribution >= 0.6 is 0 Å². The molecule has 0 saturated carbocycles. The number of aromatic nitrogens is 5. The Labute approximate surface area is 246 Å². The molecule has 0 radical (unpaired) electrons. The van der Waals surface area contributed by atoms with E-state index in [4.69, 9.17) is 9.97 Å². The molecule has 1 saturated heterocycles. The van der Waals surface area contributed by atoms with Crippen molar-refractivity contribution in [2.24, 2.45) is 0 Å². The van der Waals surface area contributed by atoms with Crippen molar-refractivity contribution in [3.63, 3.8) is 0 Å². The van der Waals surface area contributed by atoms with Crippen molar-refractivity contribution in [1.82, 2.24) is 34.3 Å². The summed E-state index contributed by atoms with van der Waals surface area (Å²) in [7, 11) is 2.04. The van der Waals surface area contributed by atoms with Gasteiger partial charge in [0.2, 0.25) is 0 Å². The zero-order valence-electron chi connectivity index (χ0n) is 23.4. The third-order valence-electron chi connectivity index (χ3n) is 7.46. The number of carbonyl (C=O) groups is 1. The van der Waals surface area contributed by atoms with Crippen molar-refractivity contribution in [3.05, 3.63) is 102 Å². The van der Waals surface area contributed by atoms with Crippen LogP contribution in [0.2, 0.25) is 0 Å². The summed E-state index contributed by atoms with van der Waals surface area (Å²) in [5.74, 6) is 0.922. The molecule has 12 heteroatoms. The molecule has 6 rings (SSSR count). The number of amides is 1. The molecule has 43 heavy (non-hydrogen) atoms. The molecular formula is C31H29F3N8O. The molecule has 0 atom stereocenters. The zero-order chi connectivity index (χ0) is 30.0. The Hall–Kier alpha value is -4.84. The van der Waals surface area contributed by atoms with Gasteiger partial charge in [0, 0.05) is 56.2 Å². The van der Waals surface area contributed by atoms with Gasteiger partial charge in [0.25, 0.3) is 5.91 Å². The number of halogens is 3. The number of hydrogen-bond donors (Lipinski definition) is 1. The molecule has 5 aromatic rings. The Morgan fingerprint density at radius 2 is 1.67 bits per heavy atom. The van der Waals surface area contributed by atoms with Gasteiger partial charge < -0.3 is 19.7 Å². The van der Waals surface area contributed by atoms with E-state index in [2.05, 4.69) is 20.2 Å². The molecule has 1 N–H and O–H groups in total. The molecule has 0 aliphatic carbocycles. The Kier molecular flexibility index (Phi) is 7.76. The molecule has 3 aromatic heterocycles. The number of benzene rings is 2. The highest BCUT2D eigenvalue weighted by molar-refractivity contribution is 5.95. The van der Waals surface area contributed by atoms with Gasteiger partial charge in [0.1, 0.15) is 5.52 Å². The monoisotopic (exact) mass is 586 g/mol. The molecule has 4 heterocycles. The van der Waals surface area contributed by atoms with E-state index in [1.54, 1.807) is 35.4 Å². The quantitative estimate of drug-likeness (QED) is 0.288. The van der Waals surface area contributed by atoms with E-state index in [0.29, 0.717) is 59.1 Å². The van der Waals surface area contributed by atoms with Gasteiger partial charge in [-0.2, -0.15) is 13.2 Å². The third-order valence-corrected chi connectivity index (χ3v) is 7.46. The minimum atomic E-state index is -4.40. The minimum Gasteiger partial charge on any atom is -0.364 e. The Morgan fingerprint density at radius 3 is 2.35 bits per heavy atom. The standard InChI is InChI=1S/C31H29F3N8O/c1-40-13-15-41(16-14-40)30(43)24-8-6-23(7-9-24)27-38-28(36-18-22-3-2-12-35-17-22)26-29(39-27)42(20-37-26)19-21-4-10-25(11-5-21)31(32,33)34/h2-12,17,20H,13-16,18-19H2,1H3,(H,36,38,39). The van der Waals surface area contributed by atoms with E-state index in [-0.39, 0.29) is 12.5 Å². The molecule has 1 aliphatic heterocycles. The van der Waals surface area contributed by atoms with Crippen LogP contribution in [-0.4, -0.2) is 73.4 Å². The van der Waals surface area contributed by atoms with Crippen molar-refractivity contribution in [1.29, 1.82) is 0 Å². The summed E-state index contributed by atoms with van der Waals surface area (Å²) in [5.41, 5.74) is 3.28. The van der Waals surface area contributed by atoms with Gasteiger partial charge in [-0.15, -0.1) is 0 Å². The number of rotatable bonds is 7. The Morgan fingerprint density at radius 1 is 0.930 bits per heavy atom. The van der Waals surface area contributed by atoms with Crippen molar-refractivity contribution < 1.29 is 18.0 Å². The van der Waals surface area contributed by atoms with Gasteiger partial charge in [-0.1, -0.05) is 30.3 Å². The zero-order valence-corrected chi connectivity index (χ0v) is 23.4. The molecule has 0 unspecified atom stereocenters. The van der Waals surface area contributed by atoms with Crippen LogP contribution in [0.4, 0.5) is 19.0 Å². The van der Waals surface area contributed by atoms with Gasteiger partial charge in [0.05, 0.1) is 18.4 Å². The minimum absolute atomic E-state index is 0.00975. The maximum atomic E-state index is 13.1. The number of fused-ring (bicyclic) bond motifs is 1. The largest absolute Gasteiger partial charge is 0.416 e. The summed E-state index contributed by atoms with van der Waals surface area (Å²) in [5, 5.41) is 3.33. The molecular weight excluding hydrogens is 557 g/mol. The Bertz CT molecular complexity index is 1710. The normalized spacial score (nSPS) is 14.3. The number of nitrogens with one attached hydrogen (secondary N) is 1.